The Morgan fingerprint density at radius 3 is 2.53 bits per heavy atom. The topological polar surface area (TPSA) is 122 Å². The molecule has 10 nitrogen and oxygen atoms in total. The number of benzene rings is 2. The number of carbonyl (C=O) groups is 1. The Balaban J connectivity index is 1.64. The molecule has 186 valence electrons. The molecule has 13 heteroatoms. The maximum absolute atomic E-state index is 13.4. The first-order valence-electron chi connectivity index (χ1n) is 10.5. The second-order valence-electron chi connectivity index (χ2n) is 8.05. The van der Waals surface area contributed by atoms with Gasteiger partial charge in [-0.2, -0.15) is 18.5 Å². The molecule has 1 N–H and O–H groups in total. The van der Waals surface area contributed by atoms with Crippen molar-refractivity contribution in [2.75, 3.05) is 24.1 Å². The van der Waals surface area contributed by atoms with Crippen LogP contribution in [0, 0.1) is 0 Å². The Bertz CT molecular complexity index is 1770. The number of ether oxygens (including phenoxy) is 1. The summed E-state index contributed by atoms with van der Waals surface area (Å²) >= 11 is 2.66. The molecule has 5 rings (SSSR count). The highest BCUT2D eigenvalue weighted by atomic mass is 32.2. The molecule has 0 bridgehead atoms. The highest BCUT2D eigenvalue weighted by molar-refractivity contribution is 8.08. The second kappa shape index (κ2) is 8.62. The van der Waals surface area contributed by atoms with Crippen LogP contribution in [0.3, 0.4) is 0 Å². The zero-order valence-electron chi connectivity index (χ0n) is 19.5. The fraction of sp³-hybridized carbons (Fsp3) is 0.174. The fourth-order valence-corrected chi connectivity index (χ4v) is 6.99. The molecule has 2 aliphatic heterocycles. The van der Waals surface area contributed by atoms with Gasteiger partial charge in [-0.15, -0.1) is 11.3 Å². The number of thiazole rings is 1. The number of aromatic nitrogens is 1. The van der Waals surface area contributed by atoms with Crippen LogP contribution in [0.15, 0.2) is 62.2 Å². The summed E-state index contributed by atoms with van der Waals surface area (Å²) in [4.78, 5) is 29.2. The summed E-state index contributed by atoms with van der Waals surface area (Å²) < 4.78 is 40.1. The monoisotopic (exact) mass is 544 g/mol. The molecule has 0 spiro atoms. The van der Waals surface area contributed by atoms with Crippen molar-refractivity contribution < 1.29 is 22.5 Å². The predicted octanol–water partition coefficient (Wildman–Crippen LogP) is 1.58. The lowest BCUT2D eigenvalue weighted by Crippen LogP contribution is -2.33. The number of hydrogen-bond acceptors (Lipinski definition) is 9. The maximum atomic E-state index is 13.4. The predicted molar refractivity (Wildman–Crippen MR) is 140 cm³/mol. The molecule has 36 heavy (non-hydrogen) atoms. The Kier molecular flexibility index (Phi) is 5.82. The van der Waals surface area contributed by atoms with E-state index in [1.54, 1.807) is 21.1 Å². The third kappa shape index (κ3) is 3.84. The van der Waals surface area contributed by atoms with Gasteiger partial charge in [-0.1, -0.05) is 17.8 Å². The average Bonchev–Trinajstić information content (AvgIpc) is 3.44. The van der Waals surface area contributed by atoms with E-state index >= 15 is 0 Å². The maximum Gasteiger partial charge on any atom is 0.294 e. The van der Waals surface area contributed by atoms with Crippen molar-refractivity contribution in [1.29, 1.82) is 0 Å². The van der Waals surface area contributed by atoms with Gasteiger partial charge in [-0.3, -0.25) is 14.1 Å². The molecule has 2 aliphatic rings. The molecule has 1 amide bonds. The van der Waals surface area contributed by atoms with E-state index in [1.807, 2.05) is 30.1 Å². The highest BCUT2D eigenvalue weighted by Crippen LogP contribution is 2.46. The summed E-state index contributed by atoms with van der Waals surface area (Å²) in [5, 5.41) is 6.12. The minimum atomic E-state index is -4.46. The van der Waals surface area contributed by atoms with Gasteiger partial charge in [0.05, 0.1) is 34.7 Å². The standard InChI is InChI=1S/C23H20N4O6S3/c1-12-18(20(28)27(24-12)13-6-5-7-15(10-13)36(30,31)32)22-26(3)21(29)19(35-22)23-25(2)16-11-14(33-4)8-9-17(16)34-23/h5-11H,1-4H3,(H,30,31,32)/b22-18+,23-19-. The summed E-state index contributed by atoms with van der Waals surface area (Å²) in [7, 11) is 0.611. The SMILES string of the molecule is COc1ccc2c(c1)N(C)/C(=c1/s/c(=C3/C(=O)N(c4cccc(S(=O)(=O)O)c4)N=C3C)n(C)c1=O)S2. The van der Waals surface area contributed by atoms with E-state index < -0.39 is 16.0 Å². The molecule has 0 radical (unpaired) electrons. The van der Waals surface area contributed by atoms with Crippen LogP contribution in [0.4, 0.5) is 11.4 Å². The third-order valence-electron chi connectivity index (χ3n) is 5.83. The van der Waals surface area contributed by atoms with Crippen LogP contribution in [-0.4, -0.2) is 43.3 Å². The van der Waals surface area contributed by atoms with Gasteiger partial charge in [0.25, 0.3) is 21.6 Å². The van der Waals surface area contributed by atoms with Gasteiger partial charge < -0.3 is 14.2 Å². The van der Waals surface area contributed by atoms with Gasteiger partial charge in [0.1, 0.15) is 20.0 Å². The summed E-state index contributed by atoms with van der Waals surface area (Å²) in [6.45, 7) is 1.65. The molecular formula is C23H20N4O6S3. The molecule has 0 aliphatic carbocycles. The number of carbonyl (C=O) groups excluding carboxylic acids is 1. The minimum Gasteiger partial charge on any atom is -0.497 e. The first kappa shape index (κ1) is 24.3. The van der Waals surface area contributed by atoms with Gasteiger partial charge in [-0.25, -0.2) is 0 Å². The number of amides is 1. The molecule has 2 aromatic carbocycles. The summed E-state index contributed by atoms with van der Waals surface area (Å²) in [6, 6.07) is 11.0. The van der Waals surface area contributed by atoms with E-state index in [2.05, 4.69) is 5.10 Å². The van der Waals surface area contributed by atoms with Crippen LogP contribution in [-0.2, 0) is 22.0 Å². The summed E-state index contributed by atoms with van der Waals surface area (Å²) in [5.74, 6) is 0.202. The Hall–Kier alpha value is -3.39. The van der Waals surface area contributed by atoms with Crippen LogP contribution in [0.25, 0.3) is 10.6 Å². The number of hydrazone groups is 1. The molecular weight excluding hydrogens is 524 g/mol. The van der Waals surface area contributed by atoms with Gasteiger partial charge in [0, 0.05) is 25.1 Å². The lowest BCUT2D eigenvalue weighted by atomic mass is 10.2. The first-order chi connectivity index (χ1) is 17.0. The number of fused-ring (bicyclic) bond motifs is 1. The van der Waals surface area contributed by atoms with E-state index in [0.29, 0.717) is 20.7 Å². The first-order valence-corrected chi connectivity index (χ1v) is 13.6. The molecule has 0 unspecified atom stereocenters. The third-order valence-corrected chi connectivity index (χ3v) is 9.29. The summed E-state index contributed by atoms with van der Waals surface area (Å²) in [6.07, 6.45) is 0. The zero-order chi connectivity index (χ0) is 25.9. The lowest BCUT2D eigenvalue weighted by molar-refractivity contribution is -0.112. The van der Waals surface area contributed by atoms with Crippen molar-refractivity contribution in [3.8, 4) is 5.75 Å². The van der Waals surface area contributed by atoms with E-state index in [4.69, 9.17) is 4.74 Å². The summed E-state index contributed by atoms with van der Waals surface area (Å²) in [5.41, 5.74) is 1.47. The Morgan fingerprint density at radius 1 is 1.08 bits per heavy atom. The van der Waals surface area contributed by atoms with Crippen LogP contribution < -0.4 is 29.4 Å². The van der Waals surface area contributed by atoms with Crippen molar-refractivity contribution in [3.63, 3.8) is 0 Å². The second-order valence-corrected chi connectivity index (χ2v) is 11.5. The quantitative estimate of drug-likeness (QED) is 0.494. The minimum absolute atomic E-state index is 0.177. The Morgan fingerprint density at radius 2 is 1.83 bits per heavy atom. The van der Waals surface area contributed by atoms with Gasteiger partial charge >= 0.3 is 0 Å². The van der Waals surface area contributed by atoms with Crippen molar-refractivity contribution >= 4 is 66.8 Å². The van der Waals surface area contributed by atoms with Crippen LogP contribution in [0.5, 0.6) is 5.75 Å². The zero-order valence-corrected chi connectivity index (χ0v) is 22.0. The van der Waals surface area contributed by atoms with E-state index in [1.165, 1.54) is 45.9 Å². The fourth-order valence-electron chi connectivity index (χ4n) is 3.96. The van der Waals surface area contributed by atoms with E-state index in [9.17, 15) is 22.6 Å². The largest absolute Gasteiger partial charge is 0.497 e. The van der Waals surface area contributed by atoms with Gasteiger partial charge in [0.2, 0.25) is 0 Å². The molecule has 1 aromatic heterocycles. The van der Waals surface area contributed by atoms with Crippen LogP contribution in [0.1, 0.15) is 6.92 Å². The van der Waals surface area contributed by atoms with Crippen molar-refractivity contribution in [3.05, 3.63) is 62.0 Å². The van der Waals surface area contributed by atoms with Crippen molar-refractivity contribution in [1.82, 2.24) is 4.57 Å². The van der Waals surface area contributed by atoms with Crippen LogP contribution in [0.2, 0.25) is 0 Å². The number of nitrogens with zero attached hydrogens (tertiary/aromatic N) is 4. The van der Waals surface area contributed by atoms with Crippen LogP contribution >= 0.6 is 23.1 Å². The highest BCUT2D eigenvalue weighted by Gasteiger charge is 2.32. The molecule has 0 atom stereocenters. The molecule has 3 heterocycles. The van der Waals surface area contributed by atoms with Crippen molar-refractivity contribution in [2.24, 2.45) is 12.1 Å². The van der Waals surface area contributed by atoms with E-state index in [0.717, 1.165) is 26.7 Å². The number of rotatable bonds is 3. The van der Waals surface area contributed by atoms with Gasteiger partial charge in [0.15, 0.2) is 0 Å². The Labute approximate surface area is 214 Å². The van der Waals surface area contributed by atoms with Crippen molar-refractivity contribution in [2.45, 2.75) is 16.7 Å². The van der Waals surface area contributed by atoms with E-state index in [-0.39, 0.29) is 21.7 Å². The average molecular weight is 545 g/mol. The number of methoxy groups -OCH3 is 1. The normalized spacial score (nSPS) is 18.6. The van der Waals surface area contributed by atoms with Gasteiger partial charge in [-0.05, 0) is 37.3 Å². The number of thioether (sulfide) groups is 1. The molecule has 0 saturated carbocycles. The lowest BCUT2D eigenvalue weighted by Gasteiger charge is -2.13. The number of hydrogen-bond donors (Lipinski definition) is 1. The molecule has 3 aromatic rings. The number of anilines is 2. The molecule has 0 fully saturated rings. The molecule has 0 saturated heterocycles. The smallest absolute Gasteiger partial charge is 0.294 e.